The quantitative estimate of drug-likeness (QED) is 0.694. The second kappa shape index (κ2) is 8.00. The minimum atomic E-state index is 0.247. The maximum absolute atomic E-state index is 12.5. The molecule has 3 rings (SSSR count). The number of amides is 1. The monoisotopic (exact) mass is 358 g/mol. The maximum atomic E-state index is 12.5. The van der Waals surface area contributed by atoms with E-state index in [0.29, 0.717) is 19.1 Å². The molecule has 0 spiro atoms. The molecule has 2 aromatic rings. The first-order chi connectivity index (χ1) is 12.1. The molecule has 1 aromatic carbocycles. The number of hydrogen-bond donors (Lipinski definition) is 0. The van der Waals surface area contributed by atoms with Crippen molar-refractivity contribution in [1.29, 1.82) is 0 Å². The van der Waals surface area contributed by atoms with Crippen molar-refractivity contribution in [2.75, 3.05) is 0 Å². The van der Waals surface area contributed by atoms with Gasteiger partial charge in [-0.05, 0) is 44.7 Å². The van der Waals surface area contributed by atoms with Crippen LogP contribution in [0.3, 0.4) is 0 Å². The van der Waals surface area contributed by atoms with E-state index in [1.807, 2.05) is 41.5 Å². The highest BCUT2D eigenvalue weighted by Gasteiger charge is 2.35. The van der Waals surface area contributed by atoms with Crippen LogP contribution in [0.5, 0.6) is 5.75 Å². The average Bonchev–Trinajstić information content (AvgIpc) is 3.38. The number of hydrogen-bond acceptors (Lipinski definition) is 4. The fraction of sp³-hybridized carbons (Fsp3) is 0.500. The lowest BCUT2D eigenvalue weighted by Gasteiger charge is -2.28. The van der Waals surface area contributed by atoms with Crippen molar-refractivity contribution in [3.8, 4) is 5.75 Å². The minimum absolute atomic E-state index is 0.247. The van der Waals surface area contributed by atoms with Crippen LogP contribution < -0.4 is 4.74 Å². The number of carbonyl (C=O) groups excluding carboxylic acids is 1. The molecule has 0 N–H and O–H groups in total. The molecule has 134 valence electrons. The predicted molar refractivity (Wildman–Crippen MR) is 101 cm³/mol. The summed E-state index contributed by atoms with van der Waals surface area (Å²) in [5.41, 5.74) is 2.08. The van der Waals surface area contributed by atoms with Gasteiger partial charge in [0, 0.05) is 17.3 Å². The molecule has 0 saturated heterocycles. The zero-order valence-corrected chi connectivity index (χ0v) is 16.0. The van der Waals surface area contributed by atoms with Gasteiger partial charge in [-0.15, -0.1) is 11.3 Å². The van der Waals surface area contributed by atoms with Gasteiger partial charge in [0.1, 0.15) is 17.4 Å². The van der Waals surface area contributed by atoms with Crippen LogP contribution in [-0.2, 0) is 17.9 Å². The maximum Gasteiger partial charge on any atom is 0.226 e. The minimum Gasteiger partial charge on any atom is -0.486 e. The van der Waals surface area contributed by atoms with Gasteiger partial charge < -0.3 is 9.64 Å². The summed E-state index contributed by atoms with van der Waals surface area (Å²) in [6.45, 7) is 7.35. The third-order valence-electron chi connectivity index (χ3n) is 4.71. The summed E-state index contributed by atoms with van der Waals surface area (Å²) in [4.78, 5) is 19.2. The Morgan fingerprint density at radius 1 is 1.40 bits per heavy atom. The van der Waals surface area contributed by atoms with Crippen molar-refractivity contribution in [1.82, 2.24) is 9.88 Å². The highest BCUT2D eigenvalue weighted by atomic mass is 32.1. The molecular weight excluding hydrogens is 332 g/mol. The lowest BCUT2D eigenvalue weighted by Crippen LogP contribution is -2.38. The van der Waals surface area contributed by atoms with Gasteiger partial charge in [0.15, 0.2) is 0 Å². The zero-order valence-electron chi connectivity index (χ0n) is 15.2. The molecule has 0 unspecified atom stereocenters. The molecule has 1 atom stereocenters. The van der Waals surface area contributed by atoms with Crippen molar-refractivity contribution in [2.24, 2.45) is 5.92 Å². The van der Waals surface area contributed by atoms with Crippen LogP contribution in [0.4, 0.5) is 0 Å². The zero-order chi connectivity index (χ0) is 17.8. The van der Waals surface area contributed by atoms with Crippen molar-refractivity contribution in [3.63, 3.8) is 0 Å². The lowest BCUT2D eigenvalue weighted by molar-refractivity contribution is -0.135. The molecule has 25 heavy (non-hydrogen) atoms. The Bertz CT molecular complexity index is 724. The third-order valence-corrected chi connectivity index (χ3v) is 5.58. The van der Waals surface area contributed by atoms with Crippen molar-refractivity contribution in [3.05, 3.63) is 45.9 Å². The third kappa shape index (κ3) is 4.60. The van der Waals surface area contributed by atoms with Gasteiger partial charge in [0.05, 0.1) is 12.2 Å². The van der Waals surface area contributed by atoms with E-state index in [1.165, 1.54) is 0 Å². The van der Waals surface area contributed by atoms with E-state index in [4.69, 9.17) is 4.74 Å². The van der Waals surface area contributed by atoms with Crippen LogP contribution in [0.2, 0.25) is 0 Å². The molecule has 0 aliphatic heterocycles. The van der Waals surface area contributed by atoms with E-state index < -0.39 is 0 Å². The number of aromatic nitrogens is 1. The van der Waals surface area contributed by atoms with E-state index >= 15 is 0 Å². The first-order valence-electron chi connectivity index (χ1n) is 9.00. The summed E-state index contributed by atoms with van der Waals surface area (Å²) < 4.78 is 5.87. The molecule has 1 amide bonds. The van der Waals surface area contributed by atoms with Gasteiger partial charge in [-0.3, -0.25) is 4.79 Å². The number of rotatable bonds is 8. The summed E-state index contributed by atoms with van der Waals surface area (Å²) in [6.07, 6.45) is 3.04. The molecule has 1 fully saturated rings. The molecule has 1 heterocycles. The molecule has 0 radical (unpaired) electrons. The van der Waals surface area contributed by atoms with Crippen molar-refractivity contribution < 1.29 is 9.53 Å². The van der Waals surface area contributed by atoms with Gasteiger partial charge in [0.2, 0.25) is 5.91 Å². The highest BCUT2D eigenvalue weighted by Crippen LogP contribution is 2.32. The van der Waals surface area contributed by atoms with Crippen LogP contribution >= 0.6 is 11.3 Å². The second-order valence-electron chi connectivity index (χ2n) is 6.78. The Morgan fingerprint density at radius 3 is 2.84 bits per heavy atom. The van der Waals surface area contributed by atoms with Gasteiger partial charge in [-0.25, -0.2) is 4.98 Å². The van der Waals surface area contributed by atoms with Gasteiger partial charge >= 0.3 is 0 Å². The average molecular weight is 359 g/mol. The number of ether oxygens (including phenoxy) is 1. The largest absolute Gasteiger partial charge is 0.486 e. The number of carbonyl (C=O) groups is 1. The predicted octanol–water partition coefficient (Wildman–Crippen LogP) is 4.57. The summed E-state index contributed by atoms with van der Waals surface area (Å²) in [6, 6.07) is 8.24. The van der Waals surface area contributed by atoms with E-state index in [-0.39, 0.29) is 12.0 Å². The normalized spacial score (nSPS) is 15.0. The van der Waals surface area contributed by atoms with Crippen LogP contribution in [-0.4, -0.2) is 21.8 Å². The van der Waals surface area contributed by atoms with Crippen molar-refractivity contribution in [2.45, 2.75) is 59.2 Å². The van der Waals surface area contributed by atoms with E-state index in [2.05, 4.69) is 18.8 Å². The van der Waals surface area contributed by atoms with Crippen LogP contribution in [0.25, 0.3) is 0 Å². The number of nitrogens with zero attached hydrogens (tertiary/aromatic N) is 2. The summed E-state index contributed by atoms with van der Waals surface area (Å²) in [7, 11) is 0. The Hall–Kier alpha value is -1.88. The fourth-order valence-corrected chi connectivity index (χ4v) is 3.45. The van der Waals surface area contributed by atoms with E-state index in [1.54, 1.807) is 11.3 Å². The Labute approximate surface area is 153 Å². The SMILES string of the molecule is CC[C@@H](C)N(Cc1csc(COc2ccccc2C)n1)C(=O)C1CC1. The first kappa shape index (κ1) is 17.9. The topological polar surface area (TPSA) is 42.4 Å². The summed E-state index contributed by atoms with van der Waals surface area (Å²) >= 11 is 1.60. The fourth-order valence-electron chi connectivity index (χ4n) is 2.76. The molecular formula is C20H26N2O2S. The molecule has 1 saturated carbocycles. The van der Waals surface area contributed by atoms with Crippen molar-refractivity contribution >= 4 is 17.2 Å². The molecule has 0 bridgehead atoms. The van der Waals surface area contributed by atoms with Gasteiger partial charge in [0.25, 0.3) is 0 Å². The Balaban J connectivity index is 1.61. The van der Waals surface area contributed by atoms with Crippen LogP contribution in [0, 0.1) is 12.8 Å². The smallest absolute Gasteiger partial charge is 0.226 e. The Morgan fingerprint density at radius 2 is 2.16 bits per heavy atom. The second-order valence-corrected chi connectivity index (χ2v) is 7.73. The summed E-state index contributed by atoms with van der Waals surface area (Å²) in [5, 5.41) is 2.99. The van der Waals surface area contributed by atoms with Gasteiger partial charge in [-0.1, -0.05) is 25.1 Å². The highest BCUT2D eigenvalue weighted by molar-refractivity contribution is 7.09. The lowest BCUT2D eigenvalue weighted by atomic mass is 10.2. The van der Waals surface area contributed by atoms with Crippen LogP contribution in [0.1, 0.15) is 49.4 Å². The molecule has 1 aliphatic carbocycles. The molecule has 4 nitrogen and oxygen atoms in total. The molecule has 5 heteroatoms. The summed E-state index contributed by atoms with van der Waals surface area (Å²) in [5.74, 6) is 1.43. The number of benzene rings is 1. The van der Waals surface area contributed by atoms with E-state index in [9.17, 15) is 4.79 Å². The van der Waals surface area contributed by atoms with Gasteiger partial charge in [-0.2, -0.15) is 0 Å². The first-order valence-corrected chi connectivity index (χ1v) is 9.88. The number of aryl methyl sites for hydroxylation is 1. The number of thiazole rings is 1. The standard InChI is InChI=1S/C20H26N2O2S/c1-4-15(3)22(20(23)16-9-10-16)11-17-13-25-19(21-17)12-24-18-8-6-5-7-14(18)2/h5-8,13,15-16H,4,9-12H2,1-3H3/t15-/m1/s1. The van der Waals surface area contributed by atoms with Crippen LogP contribution in [0.15, 0.2) is 29.6 Å². The molecule has 1 aromatic heterocycles. The number of para-hydroxylation sites is 1. The molecule has 1 aliphatic rings. The Kier molecular flexibility index (Phi) is 5.74. The van der Waals surface area contributed by atoms with E-state index in [0.717, 1.165) is 41.3 Å².